The minimum Gasteiger partial charge on any atom is -0.491 e. The molecule has 1 N–H and O–H groups in total. The minimum atomic E-state index is -0.959. The second-order valence-electron chi connectivity index (χ2n) is 7.99. The third-order valence-electron chi connectivity index (χ3n) is 5.56. The van der Waals surface area contributed by atoms with Crippen molar-refractivity contribution in [2.75, 3.05) is 19.7 Å². The Bertz CT molecular complexity index is 867. The number of ether oxygens (including phenoxy) is 1. The molecule has 0 radical (unpaired) electrons. The van der Waals surface area contributed by atoms with Gasteiger partial charge in [-0.1, -0.05) is 24.6 Å². The molecule has 2 aromatic rings. The molecule has 1 amide bonds. The van der Waals surface area contributed by atoms with Crippen LogP contribution in [0.25, 0.3) is 0 Å². The van der Waals surface area contributed by atoms with Crippen molar-refractivity contribution >= 4 is 17.5 Å². The van der Waals surface area contributed by atoms with Crippen LogP contribution in [-0.2, 0) is 6.54 Å². The number of carbonyl (C=O) groups excluding carboxylic acids is 1. The molecule has 1 aromatic heterocycles. The zero-order valence-electron chi connectivity index (χ0n) is 17.4. The normalized spacial score (nSPS) is 19.8. The first-order chi connectivity index (χ1) is 13.8. The summed E-state index contributed by atoms with van der Waals surface area (Å²) in [6.07, 6.45) is 4.36. The number of aryl methyl sites for hydroxylation is 3. The fraction of sp³-hybridized carbons (Fsp3) is 0.545. The van der Waals surface area contributed by atoms with Crippen LogP contribution in [0.15, 0.2) is 24.4 Å². The Morgan fingerprint density at radius 3 is 2.79 bits per heavy atom. The first-order valence-corrected chi connectivity index (χ1v) is 10.6. The number of aromatic nitrogens is 2. The van der Waals surface area contributed by atoms with Gasteiger partial charge in [-0.05, 0) is 62.8 Å². The largest absolute Gasteiger partial charge is 0.491 e. The molecule has 0 saturated carbocycles. The molecule has 6 nitrogen and oxygen atoms in total. The van der Waals surface area contributed by atoms with Crippen molar-refractivity contribution < 1.29 is 14.6 Å². The second-order valence-corrected chi connectivity index (χ2v) is 8.40. The van der Waals surface area contributed by atoms with Crippen LogP contribution in [0.3, 0.4) is 0 Å². The molecule has 1 aliphatic heterocycles. The standard InChI is InChI=1S/C22H30ClN3O3/c1-4-10-26-14-19(23)20(24-26)21(27)25-11-5-8-22(28,9-12-25)15-29-18-7-6-16(2)17(3)13-18/h6-7,13-14,28H,4-5,8-12,15H2,1-3H3. The first-order valence-electron chi connectivity index (χ1n) is 10.3. The maximum atomic E-state index is 12.9. The molecule has 0 aliphatic carbocycles. The van der Waals surface area contributed by atoms with Gasteiger partial charge < -0.3 is 14.7 Å². The molecule has 7 heteroatoms. The van der Waals surface area contributed by atoms with Gasteiger partial charge in [0.1, 0.15) is 18.0 Å². The topological polar surface area (TPSA) is 67.6 Å². The van der Waals surface area contributed by atoms with Crippen molar-refractivity contribution in [2.24, 2.45) is 0 Å². The van der Waals surface area contributed by atoms with Crippen LogP contribution in [0.5, 0.6) is 5.75 Å². The van der Waals surface area contributed by atoms with Gasteiger partial charge in [-0.3, -0.25) is 9.48 Å². The van der Waals surface area contributed by atoms with Crippen molar-refractivity contribution in [1.29, 1.82) is 0 Å². The quantitative estimate of drug-likeness (QED) is 0.768. The Kier molecular flexibility index (Phi) is 6.85. The number of amides is 1. The van der Waals surface area contributed by atoms with Crippen LogP contribution >= 0.6 is 11.6 Å². The zero-order chi connectivity index (χ0) is 21.0. The molecular formula is C22H30ClN3O3. The van der Waals surface area contributed by atoms with E-state index >= 15 is 0 Å². The fourth-order valence-electron chi connectivity index (χ4n) is 3.58. The van der Waals surface area contributed by atoms with E-state index < -0.39 is 5.60 Å². The summed E-state index contributed by atoms with van der Waals surface area (Å²) in [5.41, 5.74) is 1.70. The molecule has 3 rings (SSSR count). The van der Waals surface area contributed by atoms with E-state index in [2.05, 4.69) is 12.0 Å². The first kappa shape index (κ1) is 21.7. The molecule has 0 spiro atoms. The Morgan fingerprint density at radius 1 is 1.28 bits per heavy atom. The lowest BCUT2D eigenvalue weighted by Crippen LogP contribution is -2.38. The zero-order valence-corrected chi connectivity index (χ0v) is 18.2. The number of hydrogen-bond donors (Lipinski definition) is 1. The molecule has 1 saturated heterocycles. The van der Waals surface area contributed by atoms with E-state index in [1.165, 1.54) is 5.56 Å². The van der Waals surface area contributed by atoms with E-state index in [-0.39, 0.29) is 18.2 Å². The molecular weight excluding hydrogens is 390 g/mol. The summed E-state index contributed by atoms with van der Waals surface area (Å²) in [5.74, 6) is 0.580. The van der Waals surface area contributed by atoms with Crippen LogP contribution in [0, 0.1) is 13.8 Å². The lowest BCUT2D eigenvalue weighted by Gasteiger charge is -2.27. The highest BCUT2D eigenvalue weighted by Crippen LogP contribution is 2.26. The molecule has 1 aromatic carbocycles. The van der Waals surface area contributed by atoms with Crippen molar-refractivity contribution in [2.45, 2.75) is 58.6 Å². The fourth-order valence-corrected chi connectivity index (χ4v) is 3.81. The highest BCUT2D eigenvalue weighted by Gasteiger charge is 2.33. The van der Waals surface area contributed by atoms with E-state index in [0.29, 0.717) is 37.4 Å². The molecule has 0 bridgehead atoms. The summed E-state index contributed by atoms with van der Waals surface area (Å²) in [5, 5.41) is 15.7. The number of aliphatic hydroxyl groups is 1. The summed E-state index contributed by atoms with van der Waals surface area (Å²) in [6, 6.07) is 5.93. The molecule has 1 fully saturated rings. The van der Waals surface area contributed by atoms with E-state index in [4.69, 9.17) is 16.3 Å². The van der Waals surface area contributed by atoms with Gasteiger partial charge in [0.15, 0.2) is 5.69 Å². The average molecular weight is 420 g/mol. The maximum Gasteiger partial charge on any atom is 0.275 e. The lowest BCUT2D eigenvalue weighted by molar-refractivity contribution is -0.0163. The Balaban J connectivity index is 1.61. The number of halogens is 1. The maximum absolute atomic E-state index is 12.9. The highest BCUT2D eigenvalue weighted by atomic mass is 35.5. The summed E-state index contributed by atoms with van der Waals surface area (Å²) < 4.78 is 7.59. The average Bonchev–Trinajstić information content (AvgIpc) is 2.93. The monoisotopic (exact) mass is 419 g/mol. The van der Waals surface area contributed by atoms with Gasteiger partial charge in [0.2, 0.25) is 0 Å². The van der Waals surface area contributed by atoms with Gasteiger partial charge in [-0.2, -0.15) is 5.10 Å². The predicted octanol–water partition coefficient (Wildman–Crippen LogP) is 4.00. The Morgan fingerprint density at radius 2 is 2.07 bits per heavy atom. The number of likely N-dealkylation sites (tertiary alicyclic amines) is 1. The third kappa shape index (κ3) is 5.31. The molecule has 2 heterocycles. The number of rotatable bonds is 6. The molecule has 158 valence electrons. The number of hydrogen-bond acceptors (Lipinski definition) is 4. The van der Waals surface area contributed by atoms with Crippen LogP contribution < -0.4 is 4.74 Å². The molecule has 1 atom stereocenters. The van der Waals surface area contributed by atoms with Crippen molar-refractivity contribution in [3.63, 3.8) is 0 Å². The van der Waals surface area contributed by atoms with Crippen molar-refractivity contribution in [3.8, 4) is 5.75 Å². The van der Waals surface area contributed by atoms with Gasteiger partial charge in [-0.25, -0.2) is 0 Å². The van der Waals surface area contributed by atoms with E-state index in [1.807, 2.05) is 32.0 Å². The van der Waals surface area contributed by atoms with E-state index in [1.54, 1.807) is 15.8 Å². The van der Waals surface area contributed by atoms with Gasteiger partial charge in [0.25, 0.3) is 5.91 Å². The smallest absolute Gasteiger partial charge is 0.275 e. The molecule has 1 unspecified atom stereocenters. The second kappa shape index (κ2) is 9.18. The van der Waals surface area contributed by atoms with Crippen molar-refractivity contribution in [3.05, 3.63) is 46.2 Å². The van der Waals surface area contributed by atoms with Crippen LogP contribution in [0.1, 0.15) is 54.2 Å². The molecule has 1 aliphatic rings. The lowest BCUT2D eigenvalue weighted by atomic mass is 9.96. The van der Waals surface area contributed by atoms with Gasteiger partial charge in [-0.15, -0.1) is 0 Å². The van der Waals surface area contributed by atoms with Gasteiger partial charge >= 0.3 is 0 Å². The number of benzene rings is 1. The SMILES string of the molecule is CCCn1cc(Cl)c(C(=O)N2CCCC(O)(COc3ccc(C)c(C)c3)CC2)n1. The highest BCUT2D eigenvalue weighted by molar-refractivity contribution is 6.33. The van der Waals surface area contributed by atoms with Gasteiger partial charge in [0, 0.05) is 25.8 Å². The van der Waals surface area contributed by atoms with E-state index in [9.17, 15) is 9.90 Å². The van der Waals surface area contributed by atoms with Gasteiger partial charge in [0.05, 0.1) is 5.02 Å². The Hall–Kier alpha value is -2.05. The molecule has 29 heavy (non-hydrogen) atoms. The summed E-state index contributed by atoms with van der Waals surface area (Å²) in [6.45, 7) is 8.10. The van der Waals surface area contributed by atoms with Crippen molar-refractivity contribution in [1.82, 2.24) is 14.7 Å². The number of nitrogens with zero attached hydrogens (tertiary/aromatic N) is 3. The van der Waals surface area contributed by atoms with Crippen LogP contribution in [-0.4, -0.2) is 51.0 Å². The third-order valence-corrected chi connectivity index (χ3v) is 5.84. The van der Waals surface area contributed by atoms with Crippen LogP contribution in [0.2, 0.25) is 5.02 Å². The minimum absolute atomic E-state index is 0.177. The van der Waals surface area contributed by atoms with E-state index in [0.717, 1.165) is 24.3 Å². The summed E-state index contributed by atoms with van der Waals surface area (Å²) in [7, 11) is 0. The predicted molar refractivity (Wildman–Crippen MR) is 114 cm³/mol. The Labute approximate surface area is 177 Å². The summed E-state index contributed by atoms with van der Waals surface area (Å²) >= 11 is 6.23. The van der Waals surface area contributed by atoms with Crippen LogP contribution in [0.4, 0.5) is 0 Å². The number of carbonyl (C=O) groups is 1. The summed E-state index contributed by atoms with van der Waals surface area (Å²) in [4.78, 5) is 14.6.